The van der Waals surface area contributed by atoms with E-state index in [0.29, 0.717) is 17.0 Å². The Morgan fingerprint density at radius 1 is 1.10 bits per heavy atom. The minimum atomic E-state index is -0.545. The zero-order valence-corrected chi connectivity index (χ0v) is 11.1. The lowest BCUT2D eigenvalue weighted by Crippen LogP contribution is -2.21. The van der Waals surface area contributed by atoms with Crippen molar-refractivity contribution < 1.29 is 0 Å². The molecule has 0 fully saturated rings. The van der Waals surface area contributed by atoms with E-state index in [9.17, 15) is 9.59 Å². The van der Waals surface area contributed by atoms with E-state index >= 15 is 0 Å². The van der Waals surface area contributed by atoms with E-state index in [2.05, 4.69) is 25.3 Å². The standard InChI is InChI=1S/C14H13N5O2/c20-13-10-12(18-14(21)19-13)17-11(16-10)8-5-6-15-9-4-2-1-3-7(8)9/h1-4,8,15H,5-6H2,(H3,16,17,18,19,20,21). The molecule has 3 aromatic rings. The Morgan fingerprint density at radius 3 is 2.86 bits per heavy atom. The lowest BCUT2D eigenvalue weighted by atomic mass is 9.90. The Balaban J connectivity index is 1.90. The van der Waals surface area contributed by atoms with Gasteiger partial charge in [-0.25, -0.2) is 9.78 Å². The van der Waals surface area contributed by atoms with Gasteiger partial charge in [0.25, 0.3) is 5.56 Å². The van der Waals surface area contributed by atoms with Crippen LogP contribution in [0.2, 0.25) is 0 Å². The number of H-pyrrole nitrogens is 3. The molecule has 4 rings (SSSR count). The van der Waals surface area contributed by atoms with Gasteiger partial charge in [0.2, 0.25) is 0 Å². The molecule has 106 valence electrons. The van der Waals surface area contributed by atoms with Crippen molar-refractivity contribution in [2.45, 2.75) is 12.3 Å². The monoisotopic (exact) mass is 283 g/mol. The molecule has 0 spiro atoms. The summed E-state index contributed by atoms with van der Waals surface area (Å²) in [4.78, 5) is 35.3. The first kappa shape index (κ1) is 12.0. The van der Waals surface area contributed by atoms with Crippen molar-refractivity contribution in [3.8, 4) is 0 Å². The molecule has 1 unspecified atom stereocenters. The van der Waals surface area contributed by atoms with E-state index in [1.54, 1.807) is 0 Å². The van der Waals surface area contributed by atoms with Gasteiger partial charge in [-0.1, -0.05) is 18.2 Å². The van der Waals surface area contributed by atoms with Crippen LogP contribution in [0.4, 0.5) is 5.69 Å². The molecule has 0 saturated heterocycles. The third-order valence-corrected chi connectivity index (χ3v) is 3.82. The molecular weight excluding hydrogens is 270 g/mol. The van der Waals surface area contributed by atoms with Gasteiger partial charge < -0.3 is 10.3 Å². The summed E-state index contributed by atoms with van der Waals surface area (Å²) in [5.41, 5.74) is 1.83. The van der Waals surface area contributed by atoms with Crippen LogP contribution in [0.15, 0.2) is 33.9 Å². The Labute approximate surface area is 118 Å². The average molecular weight is 283 g/mol. The topological polar surface area (TPSA) is 106 Å². The summed E-state index contributed by atoms with van der Waals surface area (Å²) in [6.45, 7) is 0.839. The number of aromatic nitrogens is 4. The highest BCUT2D eigenvalue weighted by atomic mass is 16.2. The van der Waals surface area contributed by atoms with Gasteiger partial charge in [-0.3, -0.25) is 14.8 Å². The molecule has 0 amide bonds. The molecule has 0 aliphatic carbocycles. The molecule has 0 bridgehead atoms. The van der Waals surface area contributed by atoms with Crippen LogP contribution in [-0.2, 0) is 0 Å². The maximum absolute atomic E-state index is 11.8. The lowest BCUT2D eigenvalue weighted by Gasteiger charge is -2.25. The van der Waals surface area contributed by atoms with Crippen LogP contribution in [0.25, 0.3) is 11.2 Å². The molecule has 7 heteroatoms. The van der Waals surface area contributed by atoms with Gasteiger partial charge in [0.1, 0.15) is 11.3 Å². The van der Waals surface area contributed by atoms with Crippen molar-refractivity contribution in [3.63, 3.8) is 0 Å². The van der Waals surface area contributed by atoms with Crippen molar-refractivity contribution in [3.05, 3.63) is 56.5 Å². The van der Waals surface area contributed by atoms with Crippen molar-refractivity contribution in [2.75, 3.05) is 11.9 Å². The number of hydrogen-bond acceptors (Lipinski definition) is 4. The third-order valence-electron chi connectivity index (χ3n) is 3.82. The van der Waals surface area contributed by atoms with E-state index in [4.69, 9.17) is 0 Å². The summed E-state index contributed by atoms with van der Waals surface area (Å²) >= 11 is 0. The smallest absolute Gasteiger partial charge is 0.327 e. The molecule has 1 aliphatic rings. The Kier molecular flexibility index (Phi) is 2.47. The molecule has 7 nitrogen and oxygen atoms in total. The Hall–Kier alpha value is -2.83. The van der Waals surface area contributed by atoms with Crippen molar-refractivity contribution in [1.29, 1.82) is 0 Å². The highest BCUT2D eigenvalue weighted by Gasteiger charge is 2.24. The fraction of sp³-hybridized carbons (Fsp3) is 0.214. The van der Waals surface area contributed by atoms with Crippen LogP contribution in [0.5, 0.6) is 0 Å². The number of para-hydroxylation sites is 1. The molecule has 0 radical (unpaired) electrons. The minimum absolute atomic E-state index is 0.0813. The second kappa shape index (κ2) is 4.34. The van der Waals surface area contributed by atoms with E-state index in [0.717, 1.165) is 24.2 Å². The molecule has 0 saturated carbocycles. The van der Waals surface area contributed by atoms with E-state index in [1.165, 1.54) is 0 Å². The van der Waals surface area contributed by atoms with Gasteiger partial charge in [-0.2, -0.15) is 0 Å². The quantitative estimate of drug-likeness (QED) is 0.532. The molecule has 4 N–H and O–H groups in total. The molecule has 1 aromatic carbocycles. The maximum Gasteiger partial charge on any atom is 0.327 e. The second-order valence-corrected chi connectivity index (χ2v) is 5.11. The second-order valence-electron chi connectivity index (χ2n) is 5.11. The number of nitrogens with zero attached hydrogens (tertiary/aromatic N) is 1. The van der Waals surface area contributed by atoms with Gasteiger partial charge in [0, 0.05) is 18.2 Å². The van der Waals surface area contributed by atoms with E-state index in [-0.39, 0.29) is 5.92 Å². The zero-order valence-electron chi connectivity index (χ0n) is 11.1. The molecule has 1 aliphatic heterocycles. The Morgan fingerprint density at radius 2 is 1.95 bits per heavy atom. The fourth-order valence-corrected chi connectivity index (χ4v) is 2.87. The van der Waals surface area contributed by atoms with Crippen LogP contribution >= 0.6 is 0 Å². The number of rotatable bonds is 1. The minimum Gasteiger partial charge on any atom is -0.385 e. The summed E-state index contributed by atoms with van der Waals surface area (Å²) in [6, 6.07) is 8.04. The highest BCUT2D eigenvalue weighted by Crippen LogP contribution is 2.35. The van der Waals surface area contributed by atoms with Crippen LogP contribution in [-0.4, -0.2) is 26.5 Å². The average Bonchev–Trinajstić information content (AvgIpc) is 2.90. The summed E-state index contributed by atoms with van der Waals surface area (Å²) < 4.78 is 0. The van der Waals surface area contributed by atoms with Gasteiger partial charge in [-0.05, 0) is 18.1 Å². The number of hydrogen-bond donors (Lipinski definition) is 4. The van der Waals surface area contributed by atoms with Crippen molar-refractivity contribution in [2.24, 2.45) is 0 Å². The van der Waals surface area contributed by atoms with Gasteiger partial charge in [-0.15, -0.1) is 0 Å². The number of imidazole rings is 1. The maximum atomic E-state index is 11.8. The first-order valence-electron chi connectivity index (χ1n) is 6.77. The fourth-order valence-electron chi connectivity index (χ4n) is 2.87. The number of aromatic amines is 3. The van der Waals surface area contributed by atoms with Crippen LogP contribution in [0, 0.1) is 0 Å². The summed E-state index contributed by atoms with van der Waals surface area (Å²) in [6.07, 6.45) is 0.874. The highest BCUT2D eigenvalue weighted by molar-refractivity contribution is 5.69. The third kappa shape index (κ3) is 1.85. The summed E-state index contributed by atoms with van der Waals surface area (Å²) in [5, 5.41) is 3.35. The normalized spacial score (nSPS) is 17.4. The number of nitrogens with one attached hydrogen (secondary N) is 4. The zero-order chi connectivity index (χ0) is 14.4. The first-order chi connectivity index (χ1) is 10.2. The predicted octanol–water partition coefficient (Wildman–Crippen LogP) is 0.887. The molecule has 21 heavy (non-hydrogen) atoms. The molecule has 1 atom stereocenters. The Bertz CT molecular complexity index is 936. The van der Waals surface area contributed by atoms with E-state index in [1.807, 2.05) is 24.3 Å². The van der Waals surface area contributed by atoms with Gasteiger partial charge >= 0.3 is 5.69 Å². The first-order valence-corrected chi connectivity index (χ1v) is 6.77. The number of fused-ring (bicyclic) bond motifs is 2. The van der Waals surface area contributed by atoms with E-state index < -0.39 is 11.2 Å². The molecular formula is C14H13N5O2. The lowest BCUT2D eigenvalue weighted by molar-refractivity contribution is 0.686. The number of anilines is 1. The summed E-state index contributed by atoms with van der Waals surface area (Å²) in [5.74, 6) is 0.782. The van der Waals surface area contributed by atoms with Crippen molar-refractivity contribution in [1.82, 2.24) is 19.9 Å². The largest absolute Gasteiger partial charge is 0.385 e. The predicted molar refractivity (Wildman–Crippen MR) is 78.7 cm³/mol. The van der Waals surface area contributed by atoms with Gasteiger partial charge in [0.15, 0.2) is 5.65 Å². The number of benzene rings is 1. The van der Waals surface area contributed by atoms with Crippen LogP contribution in [0.1, 0.15) is 23.7 Å². The van der Waals surface area contributed by atoms with Crippen LogP contribution in [0.3, 0.4) is 0 Å². The van der Waals surface area contributed by atoms with Crippen LogP contribution < -0.4 is 16.6 Å². The van der Waals surface area contributed by atoms with Gasteiger partial charge in [0.05, 0.1) is 0 Å². The SMILES string of the molecule is O=c1[nH]c(=O)c2[nH]c(C3CCNc4ccccc43)nc2[nH]1. The molecule has 2 aromatic heterocycles. The molecule has 3 heterocycles. The van der Waals surface area contributed by atoms with Crippen molar-refractivity contribution >= 4 is 16.9 Å². The summed E-state index contributed by atoms with van der Waals surface area (Å²) in [7, 11) is 0.